The summed E-state index contributed by atoms with van der Waals surface area (Å²) in [7, 11) is 3.21. The molecule has 0 unspecified atom stereocenters. The smallest absolute Gasteiger partial charge is 0.256 e. The second-order valence-corrected chi connectivity index (χ2v) is 2.80. The molecule has 78 valence electrons. The number of pyridine rings is 1. The van der Waals surface area contributed by atoms with Gasteiger partial charge in [0.15, 0.2) is 5.75 Å². The molecule has 0 N–H and O–H groups in total. The third-order valence-electron chi connectivity index (χ3n) is 1.70. The Morgan fingerprint density at radius 2 is 2.00 bits per heavy atom. The van der Waals surface area contributed by atoms with E-state index in [0.717, 1.165) is 5.69 Å². The average Bonchev–Trinajstić information content (AvgIpc) is 2.20. The highest BCUT2D eigenvalue weighted by molar-refractivity contribution is 5.34. The predicted octanol–water partition coefficient (Wildman–Crippen LogP) is 1.42. The van der Waals surface area contributed by atoms with Crippen molar-refractivity contribution in [3.05, 3.63) is 17.8 Å². The lowest BCUT2D eigenvalue weighted by molar-refractivity contribution is 0.143. The van der Waals surface area contributed by atoms with Crippen LogP contribution in [-0.2, 0) is 4.74 Å². The maximum Gasteiger partial charge on any atom is 0.256 e. The summed E-state index contributed by atoms with van der Waals surface area (Å²) in [5.41, 5.74) is 0.904. The minimum Gasteiger partial charge on any atom is -0.486 e. The third kappa shape index (κ3) is 2.88. The molecule has 0 amide bonds. The van der Waals surface area contributed by atoms with Gasteiger partial charge in [-0.25, -0.2) is 4.98 Å². The fraction of sp³-hybridized carbons (Fsp3) is 0.500. The lowest BCUT2D eigenvalue weighted by Crippen LogP contribution is -2.06. The van der Waals surface area contributed by atoms with Crippen LogP contribution in [0.3, 0.4) is 0 Å². The van der Waals surface area contributed by atoms with E-state index in [-0.39, 0.29) is 0 Å². The lowest BCUT2D eigenvalue weighted by atomic mass is 10.3. The molecule has 0 aromatic carbocycles. The largest absolute Gasteiger partial charge is 0.486 e. The van der Waals surface area contributed by atoms with Crippen molar-refractivity contribution in [2.24, 2.45) is 0 Å². The van der Waals surface area contributed by atoms with Crippen LogP contribution in [0.15, 0.2) is 12.1 Å². The molecule has 0 aliphatic heterocycles. The molecule has 0 atom stereocenters. The Morgan fingerprint density at radius 3 is 2.64 bits per heavy atom. The summed E-state index contributed by atoms with van der Waals surface area (Å²) in [5, 5.41) is 0. The van der Waals surface area contributed by atoms with Crippen LogP contribution in [-0.4, -0.2) is 32.4 Å². The van der Waals surface area contributed by atoms with Gasteiger partial charge in [-0.3, -0.25) is 0 Å². The number of methoxy groups -OCH3 is 2. The van der Waals surface area contributed by atoms with Crippen LogP contribution >= 0.6 is 0 Å². The van der Waals surface area contributed by atoms with Crippen molar-refractivity contribution in [2.75, 3.05) is 27.4 Å². The molecule has 0 saturated carbocycles. The molecule has 0 fully saturated rings. The van der Waals surface area contributed by atoms with Gasteiger partial charge in [-0.05, 0) is 19.1 Å². The zero-order chi connectivity index (χ0) is 10.4. The Balaban J connectivity index is 2.65. The zero-order valence-corrected chi connectivity index (χ0v) is 8.74. The van der Waals surface area contributed by atoms with E-state index in [1.54, 1.807) is 14.2 Å². The van der Waals surface area contributed by atoms with Crippen molar-refractivity contribution in [1.29, 1.82) is 0 Å². The molecule has 4 heteroatoms. The Kier molecular flexibility index (Phi) is 4.19. The number of aromatic nitrogens is 1. The van der Waals surface area contributed by atoms with E-state index >= 15 is 0 Å². The van der Waals surface area contributed by atoms with Crippen molar-refractivity contribution in [1.82, 2.24) is 4.98 Å². The molecular formula is C10H15NO3. The van der Waals surface area contributed by atoms with Crippen LogP contribution < -0.4 is 9.47 Å². The first kappa shape index (κ1) is 10.8. The van der Waals surface area contributed by atoms with E-state index in [1.807, 2.05) is 19.1 Å². The van der Waals surface area contributed by atoms with Gasteiger partial charge >= 0.3 is 0 Å². The fourth-order valence-corrected chi connectivity index (χ4v) is 1.01. The van der Waals surface area contributed by atoms with Crippen molar-refractivity contribution < 1.29 is 14.2 Å². The van der Waals surface area contributed by atoms with Gasteiger partial charge in [0.25, 0.3) is 5.88 Å². The zero-order valence-electron chi connectivity index (χ0n) is 8.74. The molecule has 1 heterocycles. The van der Waals surface area contributed by atoms with Gasteiger partial charge in [-0.1, -0.05) is 0 Å². The summed E-state index contributed by atoms with van der Waals surface area (Å²) in [6.45, 7) is 2.95. The first-order chi connectivity index (χ1) is 6.77. The Hall–Kier alpha value is -1.29. The van der Waals surface area contributed by atoms with Crippen LogP contribution in [0.25, 0.3) is 0 Å². The van der Waals surface area contributed by atoms with E-state index in [0.29, 0.717) is 24.8 Å². The first-order valence-electron chi connectivity index (χ1n) is 4.41. The highest BCUT2D eigenvalue weighted by atomic mass is 16.5. The molecule has 1 rings (SSSR count). The monoisotopic (exact) mass is 197 g/mol. The van der Waals surface area contributed by atoms with Crippen LogP contribution in [0, 0.1) is 6.92 Å². The van der Waals surface area contributed by atoms with Gasteiger partial charge in [0.1, 0.15) is 6.61 Å². The van der Waals surface area contributed by atoms with Gasteiger partial charge < -0.3 is 14.2 Å². The molecular weight excluding hydrogens is 182 g/mol. The quantitative estimate of drug-likeness (QED) is 0.669. The summed E-state index contributed by atoms with van der Waals surface area (Å²) < 4.78 is 15.4. The summed E-state index contributed by atoms with van der Waals surface area (Å²) in [6, 6.07) is 3.72. The van der Waals surface area contributed by atoms with Gasteiger partial charge in [-0.2, -0.15) is 0 Å². The number of hydrogen-bond donors (Lipinski definition) is 0. The second-order valence-electron chi connectivity index (χ2n) is 2.80. The molecule has 0 aliphatic rings. The number of nitrogens with zero attached hydrogens (tertiary/aromatic N) is 1. The molecule has 0 aliphatic carbocycles. The molecule has 1 aromatic rings. The van der Waals surface area contributed by atoms with Crippen molar-refractivity contribution in [3.8, 4) is 11.6 Å². The van der Waals surface area contributed by atoms with E-state index in [9.17, 15) is 0 Å². The van der Waals surface area contributed by atoms with Gasteiger partial charge in [-0.15, -0.1) is 0 Å². The number of rotatable bonds is 5. The molecule has 0 bridgehead atoms. The SMILES string of the molecule is COCCOc1ccc(C)nc1OC. The van der Waals surface area contributed by atoms with Gasteiger partial charge in [0.05, 0.1) is 13.7 Å². The fourth-order valence-electron chi connectivity index (χ4n) is 1.01. The van der Waals surface area contributed by atoms with E-state index in [2.05, 4.69) is 4.98 Å². The van der Waals surface area contributed by atoms with E-state index in [4.69, 9.17) is 14.2 Å². The summed E-state index contributed by atoms with van der Waals surface area (Å²) in [4.78, 5) is 4.18. The molecule has 0 saturated heterocycles. The maximum absolute atomic E-state index is 5.41. The van der Waals surface area contributed by atoms with Crippen molar-refractivity contribution in [3.63, 3.8) is 0 Å². The topological polar surface area (TPSA) is 40.6 Å². The van der Waals surface area contributed by atoms with Gasteiger partial charge in [0, 0.05) is 12.8 Å². The standard InChI is InChI=1S/C10H15NO3/c1-8-4-5-9(10(11-8)13-3)14-7-6-12-2/h4-5H,6-7H2,1-3H3. The lowest BCUT2D eigenvalue weighted by Gasteiger charge is -2.09. The number of ether oxygens (including phenoxy) is 3. The molecule has 0 spiro atoms. The maximum atomic E-state index is 5.41. The summed E-state index contributed by atoms with van der Waals surface area (Å²) in [5.74, 6) is 1.16. The minimum atomic E-state index is 0.498. The summed E-state index contributed by atoms with van der Waals surface area (Å²) in [6.07, 6.45) is 0. The number of aryl methyl sites for hydroxylation is 1. The van der Waals surface area contributed by atoms with Crippen LogP contribution in [0.5, 0.6) is 11.6 Å². The van der Waals surface area contributed by atoms with Crippen molar-refractivity contribution >= 4 is 0 Å². The van der Waals surface area contributed by atoms with E-state index in [1.165, 1.54) is 0 Å². The van der Waals surface area contributed by atoms with Gasteiger partial charge in [0.2, 0.25) is 0 Å². The molecule has 1 aromatic heterocycles. The average molecular weight is 197 g/mol. The third-order valence-corrected chi connectivity index (χ3v) is 1.70. The Morgan fingerprint density at radius 1 is 1.21 bits per heavy atom. The summed E-state index contributed by atoms with van der Waals surface area (Å²) >= 11 is 0. The minimum absolute atomic E-state index is 0.498. The Labute approximate surface area is 83.8 Å². The number of hydrogen-bond acceptors (Lipinski definition) is 4. The molecule has 14 heavy (non-hydrogen) atoms. The predicted molar refractivity (Wildman–Crippen MR) is 52.9 cm³/mol. The van der Waals surface area contributed by atoms with Crippen LogP contribution in [0.2, 0.25) is 0 Å². The molecule has 0 radical (unpaired) electrons. The Bertz CT molecular complexity index is 289. The highest BCUT2D eigenvalue weighted by Gasteiger charge is 2.05. The normalized spacial score (nSPS) is 9.93. The van der Waals surface area contributed by atoms with Crippen LogP contribution in [0.4, 0.5) is 0 Å². The first-order valence-corrected chi connectivity index (χ1v) is 4.41. The second kappa shape index (κ2) is 5.44. The van der Waals surface area contributed by atoms with Crippen molar-refractivity contribution in [2.45, 2.75) is 6.92 Å². The van der Waals surface area contributed by atoms with Crippen LogP contribution in [0.1, 0.15) is 5.69 Å². The van der Waals surface area contributed by atoms with E-state index < -0.39 is 0 Å². The molecule has 4 nitrogen and oxygen atoms in total. The highest BCUT2D eigenvalue weighted by Crippen LogP contribution is 2.23.